The Morgan fingerprint density at radius 1 is 1.05 bits per heavy atom. The molecule has 3 aromatic heterocycles. The summed E-state index contributed by atoms with van der Waals surface area (Å²) in [6.45, 7) is 1.86. The highest BCUT2D eigenvalue weighted by atomic mass is 16.1. The van der Waals surface area contributed by atoms with Crippen LogP contribution in [0.4, 0.5) is 5.95 Å². The second-order valence-corrected chi connectivity index (χ2v) is 5.38. The minimum Gasteiger partial charge on any atom is -0.342 e. The third-order valence-electron chi connectivity index (χ3n) is 3.99. The molecule has 1 fully saturated rings. The van der Waals surface area contributed by atoms with Crippen LogP contribution in [0.15, 0.2) is 41.6 Å². The first-order chi connectivity index (χ1) is 10.8. The number of hydrogen-bond acceptors (Lipinski definition) is 5. The van der Waals surface area contributed by atoms with Crippen LogP contribution in [0, 0.1) is 0 Å². The minimum absolute atomic E-state index is 0.146. The summed E-state index contributed by atoms with van der Waals surface area (Å²) in [5, 5.41) is 0.525. The van der Waals surface area contributed by atoms with Gasteiger partial charge in [0.2, 0.25) is 5.95 Å². The molecule has 6 heteroatoms. The van der Waals surface area contributed by atoms with Crippen LogP contribution in [0.5, 0.6) is 0 Å². The summed E-state index contributed by atoms with van der Waals surface area (Å²) >= 11 is 0. The number of fused-ring (bicyclic) bond motifs is 1. The van der Waals surface area contributed by atoms with Crippen molar-refractivity contribution in [3.05, 3.63) is 47.1 Å². The molecule has 4 rings (SSSR count). The minimum atomic E-state index is -0.146. The van der Waals surface area contributed by atoms with Gasteiger partial charge in [-0.25, -0.2) is 4.98 Å². The smallest absolute Gasteiger partial charge is 0.262 e. The van der Waals surface area contributed by atoms with E-state index in [0.717, 1.165) is 37.1 Å². The first kappa shape index (κ1) is 12.9. The van der Waals surface area contributed by atoms with Gasteiger partial charge in [-0.05, 0) is 42.2 Å². The molecule has 0 aromatic carbocycles. The number of nitrogens with zero attached hydrogens (tertiary/aromatic N) is 4. The summed E-state index contributed by atoms with van der Waals surface area (Å²) < 4.78 is 0. The van der Waals surface area contributed by atoms with Crippen molar-refractivity contribution in [1.29, 1.82) is 0 Å². The third-order valence-corrected chi connectivity index (χ3v) is 3.99. The number of anilines is 1. The standard InChI is InChI=1S/C16H15N5O/c22-15-13-12(11-3-6-17-7-4-11)5-8-18-14(13)19-16(20-15)21-9-1-2-10-21/h3-8H,1-2,9-10H2,(H,18,19,20,22). The molecule has 0 spiro atoms. The van der Waals surface area contributed by atoms with Crippen molar-refractivity contribution in [3.63, 3.8) is 0 Å². The maximum absolute atomic E-state index is 12.6. The van der Waals surface area contributed by atoms with Crippen molar-refractivity contribution in [2.75, 3.05) is 18.0 Å². The van der Waals surface area contributed by atoms with Crippen molar-refractivity contribution >= 4 is 17.0 Å². The molecular formula is C16H15N5O. The van der Waals surface area contributed by atoms with Gasteiger partial charge in [-0.2, -0.15) is 4.98 Å². The van der Waals surface area contributed by atoms with Crippen molar-refractivity contribution in [1.82, 2.24) is 19.9 Å². The maximum Gasteiger partial charge on any atom is 0.262 e. The van der Waals surface area contributed by atoms with Crippen LogP contribution in [0.1, 0.15) is 12.8 Å². The zero-order valence-corrected chi connectivity index (χ0v) is 12.0. The molecule has 3 aromatic rings. The molecule has 1 saturated heterocycles. The van der Waals surface area contributed by atoms with Gasteiger partial charge in [-0.3, -0.25) is 14.8 Å². The first-order valence-electron chi connectivity index (χ1n) is 7.37. The maximum atomic E-state index is 12.6. The lowest BCUT2D eigenvalue weighted by atomic mass is 10.1. The van der Waals surface area contributed by atoms with Crippen LogP contribution in [-0.2, 0) is 0 Å². The lowest BCUT2D eigenvalue weighted by molar-refractivity contribution is 0.897. The quantitative estimate of drug-likeness (QED) is 0.782. The molecule has 0 amide bonds. The topological polar surface area (TPSA) is 74.8 Å². The van der Waals surface area contributed by atoms with E-state index in [1.165, 1.54) is 0 Å². The molecule has 1 aliphatic heterocycles. The SMILES string of the molecule is O=c1[nH]c(N2CCCC2)nc2nccc(-c3ccncc3)c12. The molecule has 6 nitrogen and oxygen atoms in total. The van der Waals surface area contributed by atoms with E-state index < -0.39 is 0 Å². The van der Waals surface area contributed by atoms with Gasteiger partial charge in [0.25, 0.3) is 5.56 Å². The van der Waals surface area contributed by atoms with Gasteiger partial charge in [0.05, 0.1) is 5.39 Å². The fraction of sp³-hybridized carbons (Fsp3) is 0.250. The van der Waals surface area contributed by atoms with Crippen LogP contribution in [0.2, 0.25) is 0 Å². The largest absolute Gasteiger partial charge is 0.342 e. The van der Waals surface area contributed by atoms with Gasteiger partial charge in [0.15, 0.2) is 5.65 Å². The Bertz CT molecular complexity index is 869. The normalized spacial score (nSPS) is 14.6. The molecule has 22 heavy (non-hydrogen) atoms. The van der Waals surface area contributed by atoms with Crippen molar-refractivity contribution in [2.45, 2.75) is 12.8 Å². The van der Waals surface area contributed by atoms with Crippen LogP contribution in [0.3, 0.4) is 0 Å². The Morgan fingerprint density at radius 3 is 2.59 bits per heavy atom. The lowest BCUT2D eigenvalue weighted by Gasteiger charge is -2.16. The monoisotopic (exact) mass is 293 g/mol. The van der Waals surface area contributed by atoms with Gasteiger partial charge in [-0.1, -0.05) is 0 Å². The molecule has 110 valence electrons. The molecule has 0 unspecified atom stereocenters. The highest BCUT2D eigenvalue weighted by Crippen LogP contribution is 2.24. The average molecular weight is 293 g/mol. The van der Waals surface area contributed by atoms with Gasteiger partial charge < -0.3 is 4.90 Å². The molecule has 0 aliphatic carbocycles. The zero-order chi connectivity index (χ0) is 14.9. The Balaban J connectivity index is 1.92. The van der Waals surface area contributed by atoms with E-state index in [-0.39, 0.29) is 5.56 Å². The van der Waals surface area contributed by atoms with Crippen molar-refractivity contribution in [2.24, 2.45) is 0 Å². The van der Waals surface area contributed by atoms with Gasteiger partial charge in [-0.15, -0.1) is 0 Å². The zero-order valence-electron chi connectivity index (χ0n) is 12.0. The summed E-state index contributed by atoms with van der Waals surface area (Å²) in [6.07, 6.45) is 7.38. The second kappa shape index (κ2) is 5.22. The van der Waals surface area contributed by atoms with Crippen LogP contribution >= 0.6 is 0 Å². The molecule has 4 heterocycles. The van der Waals surface area contributed by atoms with E-state index in [2.05, 4.69) is 24.8 Å². The molecule has 0 atom stereocenters. The summed E-state index contributed by atoms with van der Waals surface area (Å²) in [5.74, 6) is 0.620. The van der Waals surface area contributed by atoms with E-state index in [0.29, 0.717) is 17.0 Å². The van der Waals surface area contributed by atoms with Gasteiger partial charge >= 0.3 is 0 Å². The number of H-pyrrole nitrogens is 1. The summed E-state index contributed by atoms with van der Waals surface area (Å²) in [5.41, 5.74) is 2.10. The highest BCUT2D eigenvalue weighted by Gasteiger charge is 2.17. The Labute approximate surface area is 126 Å². The Morgan fingerprint density at radius 2 is 1.82 bits per heavy atom. The van der Waals surface area contributed by atoms with Crippen LogP contribution in [0.25, 0.3) is 22.2 Å². The van der Waals surface area contributed by atoms with Crippen molar-refractivity contribution in [3.8, 4) is 11.1 Å². The lowest BCUT2D eigenvalue weighted by Crippen LogP contribution is -2.24. The van der Waals surface area contributed by atoms with E-state index >= 15 is 0 Å². The molecular weight excluding hydrogens is 278 g/mol. The number of nitrogens with one attached hydrogen (secondary N) is 1. The number of rotatable bonds is 2. The predicted molar refractivity (Wildman–Crippen MR) is 84.8 cm³/mol. The van der Waals surface area contributed by atoms with Crippen LogP contribution < -0.4 is 10.5 Å². The Hall–Kier alpha value is -2.76. The van der Waals surface area contributed by atoms with Gasteiger partial charge in [0.1, 0.15) is 0 Å². The summed E-state index contributed by atoms with van der Waals surface area (Å²) in [6, 6.07) is 5.59. The number of pyridine rings is 2. The highest BCUT2D eigenvalue weighted by molar-refractivity contribution is 5.91. The van der Waals surface area contributed by atoms with Gasteiger partial charge in [0, 0.05) is 31.7 Å². The van der Waals surface area contributed by atoms with Crippen LogP contribution in [-0.4, -0.2) is 33.0 Å². The van der Waals surface area contributed by atoms with E-state index in [4.69, 9.17) is 0 Å². The fourth-order valence-electron chi connectivity index (χ4n) is 2.90. The second-order valence-electron chi connectivity index (χ2n) is 5.38. The number of hydrogen-bond donors (Lipinski definition) is 1. The fourth-order valence-corrected chi connectivity index (χ4v) is 2.90. The average Bonchev–Trinajstić information content (AvgIpc) is 3.09. The Kier molecular flexibility index (Phi) is 3.07. The molecule has 0 saturated carbocycles. The molecule has 0 radical (unpaired) electrons. The van der Waals surface area contributed by atoms with E-state index in [9.17, 15) is 4.79 Å². The first-order valence-corrected chi connectivity index (χ1v) is 7.37. The molecule has 0 bridgehead atoms. The predicted octanol–water partition coefficient (Wildman–Crippen LogP) is 1.98. The number of aromatic nitrogens is 4. The summed E-state index contributed by atoms with van der Waals surface area (Å²) in [7, 11) is 0. The number of aromatic amines is 1. The van der Waals surface area contributed by atoms with Crippen molar-refractivity contribution < 1.29 is 0 Å². The van der Waals surface area contributed by atoms with E-state index in [1.807, 2.05) is 18.2 Å². The summed E-state index contributed by atoms with van der Waals surface area (Å²) in [4.78, 5) is 30.4. The van der Waals surface area contributed by atoms with E-state index in [1.54, 1.807) is 18.6 Å². The third kappa shape index (κ3) is 2.13. The molecule has 1 aliphatic rings. The molecule has 1 N–H and O–H groups in total.